The lowest BCUT2D eigenvalue weighted by Gasteiger charge is -2.11. The molecule has 1 aliphatic rings. The number of rotatable bonds is 7. The molecule has 3 aromatic rings. The molecule has 4 rings (SSSR count). The first kappa shape index (κ1) is 16.6. The van der Waals surface area contributed by atoms with E-state index in [0.717, 1.165) is 41.9 Å². The van der Waals surface area contributed by atoms with Gasteiger partial charge in [0.1, 0.15) is 11.6 Å². The van der Waals surface area contributed by atoms with Crippen molar-refractivity contribution in [2.75, 3.05) is 13.7 Å². The lowest BCUT2D eigenvalue weighted by Crippen LogP contribution is -2.28. The van der Waals surface area contributed by atoms with Gasteiger partial charge in [-0.1, -0.05) is 30.3 Å². The second kappa shape index (κ2) is 7.20. The van der Waals surface area contributed by atoms with E-state index in [1.54, 1.807) is 7.11 Å². The van der Waals surface area contributed by atoms with Crippen molar-refractivity contribution in [2.24, 2.45) is 5.92 Å². The molecule has 5 nitrogen and oxygen atoms in total. The maximum absolute atomic E-state index is 11.9. The number of amides is 1. The van der Waals surface area contributed by atoms with Crippen molar-refractivity contribution >= 4 is 16.9 Å². The summed E-state index contributed by atoms with van der Waals surface area (Å²) in [5, 5.41) is 3.05. The highest BCUT2D eigenvalue weighted by molar-refractivity contribution is 5.81. The SMILES string of the molecule is COc1ccc2nc(Cc3ccccc3)n(CCNC(=O)C3CC3)c2c1. The molecule has 0 aliphatic heterocycles. The Labute approximate surface area is 153 Å². The molecule has 134 valence electrons. The van der Waals surface area contributed by atoms with Crippen molar-refractivity contribution in [3.05, 3.63) is 59.9 Å². The summed E-state index contributed by atoms with van der Waals surface area (Å²) in [4.78, 5) is 16.7. The number of aromatic nitrogens is 2. The topological polar surface area (TPSA) is 56.1 Å². The Morgan fingerprint density at radius 1 is 1.23 bits per heavy atom. The van der Waals surface area contributed by atoms with Crippen LogP contribution in [0.25, 0.3) is 11.0 Å². The molecule has 0 spiro atoms. The van der Waals surface area contributed by atoms with Crippen LogP contribution in [0.5, 0.6) is 5.75 Å². The highest BCUT2D eigenvalue weighted by Crippen LogP contribution is 2.28. The van der Waals surface area contributed by atoms with Gasteiger partial charge in [-0.3, -0.25) is 4.79 Å². The van der Waals surface area contributed by atoms with Gasteiger partial charge in [-0.15, -0.1) is 0 Å². The van der Waals surface area contributed by atoms with Crippen LogP contribution in [0.4, 0.5) is 0 Å². The van der Waals surface area contributed by atoms with E-state index in [9.17, 15) is 4.79 Å². The fraction of sp³-hybridized carbons (Fsp3) is 0.333. The van der Waals surface area contributed by atoms with E-state index in [1.807, 2.05) is 36.4 Å². The number of hydrogen-bond donors (Lipinski definition) is 1. The lowest BCUT2D eigenvalue weighted by atomic mass is 10.1. The fourth-order valence-electron chi connectivity index (χ4n) is 3.22. The van der Waals surface area contributed by atoms with E-state index in [0.29, 0.717) is 13.1 Å². The minimum atomic E-state index is 0.177. The highest BCUT2D eigenvalue weighted by Gasteiger charge is 2.29. The minimum Gasteiger partial charge on any atom is -0.497 e. The van der Waals surface area contributed by atoms with E-state index < -0.39 is 0 Å². The molecule has 1 N–H and O–H groups in total. The van der Waals surface area contributed by atoms with Gasteiger partial charge in [-0.2, -0.15) is 0 Å². The predicted molar refractivity (Wildman–Crippen MR) is 101 cm³/mol. The number of ether oxygens (including phenoxy) is 1. The Kier molecular flexibility index (Phi) is 4.61. The molecular weight excluding hydrogens is 326 g/mol. The third-order valence-electron chi connectivity index (χ3n) is 4.82. The molecule has 5 heteroatoms. The standard InChI is InChI=1S/C21H23N3O2/c1-26-17-9-10-18-19(14-17)24(12-11-22-21(25)16-7-8-16)20(23-18)13-15-5-3-2-4-6-15/h2-6,9-10,14,16H,7-8,11-13H2,1H3,(H,22,25). The molecule has 1 amide bonds. The monoisotopic (exact) mass is 349 g/mol. The highest BCUT2D eigenvalue weighted by atomic mass is 16.5. The van der Waals surface area contributed by atoms with E-state index in [-0.39, 0.29) is 11.8 Å². The molecule has 1 fully saturated rings. The molecule has 2 aromatic carbocycles. The predicted octanol–water partition coefficient (Wildman–Crippen LogP) is 3.16. The molecule has 1 saturated carbocycles. The molecule has 0 radical (unpaired) electrons. The third kappa shape index (κ3) is 3.57. The summed E-state index contributed by atoms with van der Waals surface area (Å²) >= 11 is 0. The average Bonchev–Trinajstić information content (AvgIpc) is 3.47. The number of hydrogen-bond acceptors (Lipinski definition) is 3. The van der Waals surface area contributed by atoms with Crippen molar-refractivity contribution in [1.29, 1.82) is 0 Å². The summed E-state index contributed by atoms with van der Waals surface area (Å²) in [5.74, 6) is 2.22. The van der Waals surface area contributed by atoms with E-state index in [4.69, 9.17) is 9.72 Å². The summed E-state index contributed by atoms with van der Waals surface area (Å²) < 4.78 is 7.57. The lowest BCUT2D eigenvalue weighted by molar-refractivity contribution is -0.122. The van der Waals surface area contributed by atoms with Crippen LogP contribution in [0, 0.1) is 5.92 Å². The second-order valence-electron chi connectivity index (χ2n) is 6.76. The van der Waals surface area contributed by atoms with Crippen LogP contribution in [0.1, 0.15) is 24.2 Å². The second-order valence-corrected chi connectivity index (χ2v) is 6.76. The normalized spacial score (nSPS) is 13.7. The zero-order valence-corrected chi connectivity index (χ0v) is 14.9. The first-order chi connectivity index (χ1) is 12.7. The summed E-state index contributed by atoms with van der Waals surface area (Å²) in [6, 6.07) is 16.3. The molecule has 0 unspecified atom stereocenters. The van der Waals surface area contributed by atoms with Crippen LogP contribution in [0.2, 0.25) is 0 Å². The van der Waals surface area contributed by atoms with E-state index in [1.165, 1.54) is 5.56 Å². The Morgan fingerprint density at radius 2 is 2.04 bits per heavy atom. The number of methoxy groups -OCH3 is 1. The van der Waals surface area contributed by atoms with Gasteiger partial charge >= 0.3 is 0 Å². The van der Waals surface area contributed by atoms with Crippen molar-refractivity contribution in [2.45, 2.75) is 25.8 Å². The number of nitrogens with zero attached hydrogens (tertiary/aromatic N) is 2. The average molecular weight is 349 g/mol. The largest absolute Gasteiger partial charge is 0.497 e. The van der Waals surface area contributed by atoms with Crippen LogP contribution < -0.4 is 10.1 Å². The Hall–Kier alpha value is -2.82. The number of fused-ring (bicyclic) bond motifs is 1. The Balaban J connectivity index is 1.61. The van der Waals surface area contributed by atoms with Crippen LogP contribution in [0.3, 0.4) is 0 Å². The van der Waals surface area contributed by atoms with Gasteiger partial charge in [0.25, 0.3) is 0 Å². The van der Waals surface area contributed by atoms with Crippen molar-refractivity contribution in [1.82, 2.24) is 14.9 Å². The molecule has 0 bridgehead atoms. The van der Waals surface area contributed by atoms with Crippen molar-refractivity contribution < 1.29 is 9.53 Å². The van der Waals surface area contributed by atoms with Gasteiger partial charge in [0, 0.05) is 31.5 Å². The van der Waals surface area contributed by atoms with Gasteiger partial charge < -0.3 is 14.6 Å². The quantitative estimate of drug-likeness (QED) is 0.713. The van der Waals surface area contributed by atoms with Crippen LogP contribution in [-0.2, 0) is 17.8 Å². The van der Waals surface area contributed by atoms with Gasteiger partial charge in [0.05, 0.1) is 18.1 Å². The Bertz CT molecular complexity index is 914. The van der Waals surface area contributed by atoms with E-state index in [2.05, 4.69) is 22.0 Å². The summed E-state index contributed by atoms with van der Waals surface area (Å²) in [5.41, 5.74) is 3.21. The first-order valence-corrected chi connectivity index (χ1v) is 9.09. The Morgan fingerprint density at radius 3 is 2.77 bits per heavy atom. The maximum atomic E-state index is 11.9. The number of imidazole rings is 1. The maximum Gasteiger partial charge on any atom is 0.223 e. The third-order valence-corrected chi connectivity index (χ3v) is 4.82. The zero-order chi connectivity index (χ0) is 17.9. The molecule has 1 aliphatic carbocycles. The van der Waals surface area contributed by atoms with Crippen LogP contribution >= 0.6 is 0 Å². The van der Waals surface area contributed by atoms with Crippen LogP contribution in [0.15, 0.2) is 48.5 Å². The number of nitrogens with one attached hydrogen (secondary N) is 1. The smallest absolute Gasteiger partial charge is 0.223 e. The van der Waals surface area contributed by atoms with Gasteiger partial charge in [0.15, 0.2) is 0 Å². The molecule has 26 heavy (non-hydrogen) atoms. The van der Waals surface area contributed by atoms with Crippen LogP contribution in [-0.4, -0.2) is 29.1 Å². The molecular formula is C21H23N3O2. The number of carbonyl (C=O) groups is 1. The number of benzene rings is 2. The molecule has 0 atom stereocenters. The molecule has 1 heterocycles. The van der Waals surface area contributed by atoms with Gasteiger partial charge in [-0.25, -0.2) is 4.98 Å². The molecule has 0 saturated heterocycles. The first-order valence-electron chi connectivity index (χ1n) is 9.09. The van der Waals surface area contributed by atoms with E-state index >= 15 is 0 Å². The summed E-state index contributed by atoms with van der Waals surface area (Å²) in [6.07, 6.45) is 2.81. The van der Waals surface area contributed by atoms with Crippen molar-refractivity contribution in [3.63, 3.8) is 0 Å². The summed E-state index contributed by atoms with van der Waals surface area (Å²) in [6.45, 7) is 1.31. The fourth-order valence-corrected chi connectivity index (χ4v) is 3.22. The summed E-state index contributed by atoms with van der Waals surface area (Å²) in [7, 11) is 1.67. The van der Waals surface area contributed by atoms with Crippen molar-refractivity contribution in [3.8, 4) is 5.75 Å². The zero-order valence-electron chi connectivity index (χ0n) is 14.9. The number of carbonyl (C=O) groups excluding carboxylic acids is 1. The van der Waals surface area contributed by atoms with Gasteiger partial charge in [0.2, 0.25) is 5.91 Å². The molecule has 1 aromatic heterocycles. The minimum absolute atomic E-state index is 0.177. The van der Waals surface area contributed by atoms with Gasteiger partial charge in [-0.05, 0) is 30.5 Å².